The Hall–Kier alpha value is -1.83. The zero-order chi connectivity index (χ0) is 12.3. The molecule has 4 heteroatoms. The van der Waals surface area contributed by atoms with Crippen LogP contribution in [0, 0.1) is 11.3 Å². The molecule has 84 valence electrons. The van der Waals surface area contributed by atoms with Gasteiger partial charge in [0.05, 0.1) is 6.07 Å². The van der Waals surface area contributed by atoms with Crippen molar-refractivity contribution < 1.29 is 10.0 Å². The third-order valence-electron chi connectivity index (χ3n) is 3.00. The van der Waals surface area contributed by atoms with Gasteiger partial charge in [-0.1, -0.05) is 48.6 Å². The molecule has 3 nitrogen and oxygen atoms in total. The molecule has 0 saturated heterocycles. The summed E-state index contributed by atoms with van der Waals surface area (Å²) in [7, 11) is -1.66. The molecule has 2 N–H and O–H groups in total. The second-order valence-corrected chi connectivity index (χ2v) is 4.09. The molecule has 2 rings (SSSR count). The number of allylic oxidation sites excluding steroid dienone is 4. The molecule has 0 bridgehead atoms. The van der Waals surface area contributed by atoms with Crippen LogP contribution in [-0.4, -0.2) is 17.2 Å². The molecule has 1 aromatic carbocycles. The summed E-state index contributed by atoms with van der Waals surface area (Å²) in [6, 6.07) is 11.7. The predicted octanol–water partition coefficient (Wildman–Crippen LogP) is 1.77. The van der Waals surface area contributed by atoms with Crippen LogP contribution in [-0.2, 0) is 0 Å². The maximum absolute atomic E-state index is 9.24. The molecule has 1 aromatic rings. The van der Waals surface area contributed by atoms with E-state index in [1.54, 1.807) is 12.2 Å². The zero-order valence-electron chi connectivity index (χ0n) is 9.24. The Balaban J connectivity index is 2.26. The highest BCUT2D eigenvalue weighted by atomic mass is 16.4. The van der Waals surface area contributed by atoms with Crippen molar-refractivity contribution in [3.8, 4) is 6.07 Å². The summed E-state index contributed by atoms with van der Waals surface area (Å²) in [5, 5.41) is 26.3. The summed E-state index contributed by atoms with van der Waals surface area (Å²) in [6.07, 6.45) is 5.50. The summed E-state index contributed by atoms with van der Waals surface area (Å²) in [4.78, 5) is 0. The molecule has 1 aliphatic carbocycles. The fourth-order valence-corrected chi connectivity index (χ4v) is 1.83. The first-order valence-corrected chi connectivity index (χ1v) is 5.40. The number of nitrogens with zero attached hydrogens (tertiary/aromatic N) is 1. The minimum Gasteiger partial charge on any atom is -0.426 e. The summed E-state index contributed by atoms with van der Waals surface area (Å²) < 4.78 is 0. The highest BCUT2D eigenvalue weighted by molar-refractivity contribution is 6.48. The number of hydrogen-bond acceptors (Lipinski definition) is 3. The first kappa shape index (κ1) is 11.7. The van der Waals surface area contributed by atoms with Gasteiger partial charge >= 0.3 is 7.12 Å². The number of rotatable bonds is 2. The van der Waals surface area contributed by atoms with Gasteiger partial charge in [0.2, 0.25) is 0 Å². The topological polar surface area (TPSA) is 64.2 Å². The molecular formula is C13H12BNO2. The average Bonchev–Trinajstić information content (AvgIpc) is 2.39. The standard InChI is InChI=1S/C13H12BNO2/c15-10-13(14(16)17)8-6-12(7-9-13)11-4-2-1-3-5-11/h1-8,16-17H,9H2. The Morgan fingerprint density at radius 1 is 1.24 bits per heavy atom. The summed E-state index contributed by atoms with van der Waals surface area (Å²) in [6.45, 7) is 0. The Kier molecular flexibility index (Phi) is 3.14. The quantitative estimate of drug-likeness (QED) is 0.753. The van der Waals surface area contributed by atoms with E-state index in [1.807, 2.05) is 42.5 Å². The minimum absolute atomic E-state index is 0.307. The fourth-order valence-electron chi connectivity index (χ4n) is 1.83. The van der Waals surface area contributed by atoms with E-state index in [0.717, 1.165) is 11.1 Å². The van der Waals surface area contributed by atoms with Gasteiger partial charge in [0.1, 0.15) is 5.31 Å². The van der Waals surface area contributed by atoms with Crippen molar-refractivity contribution in [2.45, 2.75) is 11.7 Å². The zero-order valence-corrected chi connectivity index (χ0v) is 9.24. The lowest BCUT2D eigenvalue weighted by atomic mass is 9.55. The molecular weight excluding hydrogens is 213 g/mol. The molecule has 0 spiro atoms. The fraction of sp³-hybridized carbons (Fsp3) is 0.154. The van der Waals surface area contributed by atoms with E-state index in [0.29, 0.717) is 6.42 Å². The van der Waals surface area contributed by atoms with Crippen LogP contribution < -0.4 is 0 Å². The van der Waals surface area contributed by atoms with E-state index in [2.05, 4.69) is 0 Å². The van der Waals surface area contributed by atoms with Crippen LogP contribution in [0.2, 0.25) is 5.31 Å². The van der Waals surface area contributed by atoms with Crippen LogP contribution in [0.4, 0.5) is 0 Å². The molecule has 17 heavy (non-hydrogen) atoms. The number of hydrogen-bond donors (Lipinski definition) is 2. The molecule has 0 aliphatic heterocycles. The van der Waals surface area contributed by atoms with Gasteiger partial charge in [0.25, 0.3) is 0 Å². The van der Waals surface area contributed by atoms with Gasteiger partial charge in [0.15, 0.2) is 0 Å². The van der Waals surface area contributed by atoms with Crippen molar-refractivity contribution in [2.75, 3.05) is 0 Å². The van der Waals surface area contributed by atoms with Gasteiger partial charge in [-0.25, -0.2) is 0 Å². The van der Waals surface area contributed by atoms with Crippen molar-refractivity contribution >= 4 is 12.7 Å². The maximum Gasteiger partial charge on any atom is 0.477 e. The second-order valence-electron chi connectivity index (χ2n) is 4.09. The van der Waals surface area contributed by atoms with Crippen LogP contribution in [0.25, 0.3) is 5.57 Å². The third kappa shape index (κ3) is 2.16. The predicted molar refractivity (Wildman–Crippen MR) is 66.7 cm³/mol. The number of nitriles is 1. The third-order valence-corrected chi connectivity index (χ3v) is 3.00. The van der Waals surface area contributed by atoms with Gasteiger partial charge in [-0.2, -0.15) is 5.26 Å². The Morgan fingerprint density at radius 2 is 1.94 bits per heavy atom. The first-order valence-electron chi connectivity index (χ1n) is 5.40. The Labute approximate surface area is 100 Å². The van der Waals surface area contributed by atoms with E-state index in [4.69, 9.17) is 5.26 Å². The van der Waals surface area contributed by atoms with Crippen LogP contribution in [0.5, 0.6) is 0 Å². The molecule has 0 radical (unpaired) electrons. The lowest BCUT2D eigenvalue weighted by Crippen LogP contribution is -2.30. The first-order chi connectivity index (χ1) is 8.18. The lowest BCUT2D eigenvalue weighted by Gasteiger charge is -2.23. The van der Waals surface area contributed by atoms with E-state index in [9.17, 15) is 10.0 Å². The van der Waals surface area contributed by atoms with Crippen molar-refractivity contribution in [3.05, 3.63) is 54.1 Å². The SMILES string of the molecule is N#CC1(B(O)O)C=CC(c2ccccc2)=CC1. The normalized spacial score (nSPS) is 22.8. The molecule has 1 atom stereocenters. The van der Waals surface area contributed by atoms with Crippen LogP contribution in [0.3, 0.4) is 0 Å². The van der Waals surface area contributed by atoms with E-state index < -0.39 is 12.4 Å². The van der Waals surface area contributed by atoms with Gasteiger partial charge in [-0.15, -0.1) is 0 Å². The van der Waals surface area contributed by atoms with Crippen LogP contribution >= 0.6 is 0 Å². The van der Waals surface area contributed by atoms with Crippen molar-refractivity contribution in [2.24, 2.45) is 0 Å². The molecule has 0 heterocycles. The van der Waals surface area contributed by atoms with Gasteiger partial charge < -0.3 is 10.0 Å². The Morgan fingerprint density at radius 3 is 2.41 bits per heavy atom. The van der Waals surface area contributed by atoms with Gasteiger partial charge in [-0.05, 0) is 17.6 Å². The van der Waals surface area contributed by atoms with Crippen LogP contribution in [0.1, 0.15) is 12.0 Å². The van der Waals surface area contributed by atoms with E-state index in [-0.39, 0.29) is 0 Å². The second kappa shape index (κ2) is 4.58. The monoisotopic (exact) mass is 225 g/mol. The van der Waals surface area contributed by atoms with Crippen molar-refractivity contribution in [3.63, 3.8) is 0 Å². The largest absolute Gasteiger partial charge is 0.477 e. The molecule has 0 amide bonds. The minimum atomic E-state index is -1.66. The van der Waals surface area contributed by atoms with Gasteiger partial charge in [0, 0.05) is 0 Å². The summed E-state index contributed by atoms with van der Waals surface area (Å²) in [5.74, 6) is 0. The lowest BCUT2D eigenvalue weighted by molar-refractivity contribution is 0.378. The van der Waals surface area contributed by atoms with Gasteiger partial charge in [-0.3, -0.25) is 0 Å². The molecule has 1 aliphatic rings. The highest BCUT2D eigenvalue weighted by Crippen LogP contribution is 2.39. The van der Waals surface area contributed by atoms with E-state index >= 15 is 0 Å². The molecule has 1 unspecified atom stereocenters. The molecule has 0 fully saturated rings. The number of benzene rings is 1. The van der Waals surface area contributed by atoms with Crippen molar-refractivity contribution in [1.82, 2.24) is 0 Å². The summed E-state index contributed by atoms with van der Waals surface area (Å²) in [5.41, 5.74) is 2.06. The smallest absolute Gasteiger partial charge is 0.426 e. The van der Waals surface area contributed by atoms with Crippen LogP contribution in [0.15, 0.2) is 48.6 Å². The maximum atomic E-state index is 9.24. The average molecular weight is 225 g/mol. The van der Waals surface area contributed by atoms with Crippen molar-refractivity contribution in [1.29, 1.82) is 5.26 Å². The summed E-state index contributed by atoms with van der Waals surface area (Å²) >= 11 is 0. The molecule has 0 aromatic heterocycles. The highest BCUT2D eigenvalue weighted by Gasteiger charge is 2.40. The van der Waals surface area contributed by atoms with E-state index in [1.165, 1.54) is 0 Å². The Bertz CT molecular complexity index is 502. The molecule has 0 saturated carbocycles.